The maximum absolute atomic E-state index is 13.5. The van der Waals surface area contributed by atoms with Crippen molar-refractivity contribution in [1.82, 2.24) is 14.8 Å². The van der Waals surface area contributed by atoms with E-state index >= 15 is 0 Å². The van der Waals surface area contributed by atoms with Gasteiger partial charge < -0.3 is 14.5 Å². The number of likely N-dealkylation sites (tertiary alicyclic amines) is 2. The third kappa shape index (κ3) is 5.71. The summed E-state index contributed by atoms with van der Waals surface area (Å²) in [6.45, 7) is 5.05. The first-order chi connectivity index (χ1) is 15.5. The highest BCUT2D eigenvalue weighted by Crippen LogP contribution is 2.27. The zero-order chi connectivity index (χ0) is 22.5. The lowest BCUT2D eigenvalue weighted by Gasteiger charge is -2.18. The fourth-order valence-corrected chi connectivity index (χ4v) is 4.56. The lowest BCUT2D eigenvalue weighted by molar-refractivity contribution is -0.135. The number of carbonyl (C=O) groups is 2. The predicted molar refractivity (Wildman–Crippen MR) is 119 cm³/mol. The van der Waals surface area contributed by atoms with Crippen LogP contribution in [0.5, 0.6) is 0 Å². The molecule has 2 amide bonds. The van der Waals surface area contributed by atoms with E-state index in [0.717, 1.165) is 41.9 Å². The van der Waals surface area contributed by atoms with Crippen molar-refractivity contribution >= 4 is 11.8 Å². The number of nitrogens with zero attached hydrogens (tertiary/aromatic N) is 3. The van der Waals surface area contributed by atoms with Gasteiger partial charge in [-0.2, -0.15) is 0 Å². The van der Waals surface area contributed by atoms with Gasteiger partial charge in [-0.15, -0.1) is 0 Å². The largest absolute Gasteiger partial charge is 0.370 e. The second-order valence-corrected chi connectivity index (χ2v) is 8.71. The Balaban J connectivity index is 1.29. The molecule has 32 heavy (non-hydrogen) atoms. The maximum Gasteiger partial charge on any atom is 0.248 e. The average molecular weight is 440 g/mol. The van der Waals surface area contributed by atoms with Crippen LogP contribution in [-0.2, 0) is 20.7 Å². The first-order valence-corrected chi connectivity index (χ1v) is 11.3. The molecule has 0 radical (unpaired) electrons. The first-order valence-electron chi connectivity index (χ1n) is 11.3. The van der Waals surface area contributed by atoms with Gasteiger partial charge in [0, 0.05) is 49.9 Å². The molecule has 0 spiro atoms. The number of benzene rings is 1. The molecule has 0 bridgehead atoms. The number of amides is 2. The number of carbonyl (C=O) groups excluding carboxylic acids is 2. The van der Waals surface area contributed by atoms with E-state index in [4.69, 9.17) is 9.72 Å². The van der Waals surface area contributed by atoms with Gasteiger partial charge in [0.2, 0.25) is 11.8 Å². The average Bonchev–Trinajstić information content (AvgIpc) is 3.40. The molecular formula is C25H30FN3O3. The van der Waals surface area contributed by atoms with Crippen LogP contribution in [0, 0.1) is 12.7 Å². The monoisotopic (exact) mass is 439 g/mol. The third-order valence-electron chi connectivity index (χ3n) is 6.19. The zero-order valence-corrected chi connectivity index (χ0v) is 18.6. The number of ether oxygens (including phenoxy) is 1. The fraction of sp³-hybridized carbons (Fsp3) is 0.480. The molecule has 170 valence electrons. The number of aryl methyl sites for hydroxylation is 1. The van der Waals surface area contributed by atoms with E-state index in [1.54, 1.807) is 17.0 Å². The Morgan fingerprint density at radius 2 is 2.09 bits per heavy atom. The predicted octanol–water partition coefficient (Wildman–Crippen LogP) is 3.07. The Morgan fingerprint density at radius 3 is 2.88 bits per heavy atom. The normalized spacial score (nSPS) is 18.6. The number of hydrogen-bond acceptors (Lipinski definition) is 4. The minimum Gasteiger partial charge on any atom is -0.370 e. The summed E-state index contributed by atoms with van der Waals surface area (Å²) in [6, 6.07) is 10.8. The van der Waals surface area contributed by atoms with E-state index < -0.39 is 0 Å². The van der Waals surface area contributed by atoms with Crippen molar-refractivity contribution in [3.05, 3.63) is 64.7 Å². The van der Waals surface area contributed by atoms with Crippen molar-refractivity contribution in [2.24, 2.45) is 0 Å². The summed E-state index contributed by atoms with van der Waals surface area (Å²) in [7, 11) is 0. The Bertz CT molecular complexity index is 981. The SMILES string of the molecule is Cc1cc(Cc2cccc(F)c2)cc(C2CCN(C(=O)COCCN3CCCC3=O)C2)n1. The molecule has 1 aromatic heterocycles. The van der Waals surface area contributed by atoms with Crippen LogP contribution in [0.1, 0.15) is 47.7 Å². The topological polar surface area (TPSA) is 62.7 Å². The molecule has 2 aliphatic heterocycles. The van der Waals surface area contributed by atoms with E-state index in [-0.39, 0.29) is 30.2 Å². The van der Waals surface area contributed by atoms with Gasteiger partial charge in [0.25, 0.3) is 0 Å². The number of hydrogen-bond donors (Lipinski definition) is 0. The van der Waals surface area contributed by atoms with Crippen LogP contribution in [-0.4, -0.2) is 66.0 Å². The van der Waals surface area contributed by atoms with Gasteiger partial charge in [-0.05, 0) is 61.6 Å². The van der Waals surface area contributed by atoms with Gasteiger partial charge in [0.15, 0.2) is 0 Å². The maximum atomic E-state index is 13.5. The molecule has 6 nitrogen and oxygen atoms in total. The van der Waals surface area contributed by atoms with Gasteiger partial charge in [0.05, 0.1) is 6.61 Å². The van der Waals surface area contributed by atoms with Gasteiger partial charge in [-0.1, -0.05) is 12.1 Å². The summed E-state index contributed by atoms with van der Waals surface area (Å²) < 4.78 is 19.1. The molecular weight excluding hydrogens is 409 g/mol. The zero-order valence-electron chi connectivity index (χ0n) is 18.6. The van der Waals surface area contributed by atoms with Gasteiger partial charge >= 0.3 is 0 Å². The molecule has 0 aliphatic carbocycles. The molecule has 2 saturated heterocycles. The quantitative estimate of drug-likeness (QED) is 0.593. The lowest BCUT2D eigenvalue weighted by Crippen LogP contribution is -2.34. The Morgan fingerprint density at radius 1 is 1.22 bits per heavy atom. The first kappa shape index (κ1) is 22.4. The van der Waals surface area contributed by atoms with Crippen molar-refractivity contribution in [3.63, 3.8) is 0 Å². The molecule has 2 aromatic rings. The molecule has 3 heterocycles. The van der Waals surface area contributed by atoms with Crippen molar-refractivity contribution < 1.29 is 18.7 Å². The van der Waals surface area contributed by atoms with Crippen LogP contribution in [0.3, 0.4) is 0 Å². The third-order valence-corrected chi connectivity index (χ3v) is 6.19. The highest BCUT2D eigenvalue weighted by Gasteiger charge is 2.28. The van der Waals surface area contributed by atoms with Crippen LogP contribution in [0.25, 0.3) is 0 Å². The number of rotatable bonds is 8. The van der Waals surface area contributed by atoms with Gasteiger partial charge in [0.1, 0.15) is 12.4 Å². The molecule has 7 heteroatoms. The number of halogens is 1. The van der Waals surface area contributed by atoms with E-state index in [9.17, 15) is 14.0 Å². The standard InChI is InChI=1S/C25H30FN3O3/c1-18-12-20(13-19-4-2-5-22(26)14-19)15-23(27-18)21-7-9-29(16-21)25(31)17-32-11-10-28-8-3-6-24(28)30/h2,4-5,12,14-15,21H,3,6-11,13,16-17H2,1H3. The highest BCUT2D eigenvalue weighted by atomic mass is 19.1. The fourth-order valence-electron chi connectivity index (χ4n) is 4.56. The minimum atomic E-state index is -0.229. The van der Waals surface area contributed by atoms with Gasteiger partial charge in [-0.3, -0.25) is 14.6 Å². The van der Waals surface area contributed by atoms with E-state index in [1.807, 2.05) is 24.0 Å². The summed E-state index contributed by atoms with van der Waals surface area (Å²) >= 11 is 0. The Labute approximate surface area is 188 Å². The van der Waals surface area contributed by atoms with Crippen LogP contribution in [0.2, 0.25) is 0 Å². The molecule has 1 atom stereocenters. The Hall–Kier alpha value is -2.80. The molecule has 2 aliphatic rings. The molecule has 1 unspecified atom stereocenters. The number of aromatic nitrogens is 1. The lowest BCUT2D eigenvalue weighted by atomic mass is 9.98. The minimum absolute atomic E-state index is 0.0205. The van der Waals surface area contributed by atoms with Crippen LogP contribution in [0.15, 0.2) is 36.4 Å². The summed E-state index contributed by atoms with van der Waals surface area (Å²) in [5.41, 5.74) is 3.94. The molecule has 2 fully saturated rings. The summed E-state index contributed by atoms with van der Waals surface area (Å²) in [4.78, 5) is 32.5. The Kier molecular flexibility index (Phi) is 7.15. The summed E-state index contributed by atoms with van der Waals surface area (Å²) in [6.07, 6.45) is 3.04. The number of pyridine rings is 1. The van der Waals surface area contributed by atoms with Gasteiger partial charge in [-0.25, -0.2) is 4.39 Å². The molecule has 0 saturated carbocycles. The second-order valence-electron chi connectivity index (χ2n) is 8.71. The molecule has 4 rings (SSSR count). The summed E-state index contributed by atoms with van der Waals surface area (Å²) in [5, 5.41) is 0. The molecule has 1 aromatic carbocycles. The smallest absolute Gasteiger partial charge is 0.248 e. The van der Waals surface area contributed by atoms with Crippen LogP contribution < -0.4 is 0 Å². The summed E-state index contributed by atoms with van der Waals surface area (Å²) in [5.74, 6) is 0.109. The van der Waals surface area contributed by atoms with Crippen molar-refractivity contribution in [2.75, 3.05) is 39.4 Å². The highest BCUT2D eigenvalue weighted by molar-refractivity contribution is 5.78. The molecule has 0 N–H and O–H groups in total. The van der Waals surface area contributed by atoms with Crippen LogP contribution >= 0.6 is 0 Å². The van der Waals surface area contributed by atoms with E-state index in [1.165, 1.54) is 6.07 Å². The second kappa shape index (κ2) is 10.2. The van der Waals surface area contributed by atoms with Crippen LogP contribution in [0.4, 0.5) is 4.39 Å². The van der Waals surface area contributed by atoms with Crippen molar-refractivity contribution in [2.45, 2.75) is 38.5 Å². The van der Waals surface area contributed by atoms with Crippen molar-refractivity contribution in [1.29, 1.82) is 0 Å². The van der Waals surface area contributed by atoms with E-state index in [0.29, 0.717) is 39.1 Å². The van der Waals surface area contributed by atoms with Crippen molar-refractivity contribution in [3.8, 4) is 0 Å². The van der Waals surface area contributed by atoms with E-state index in [2.05, 4.69) is 6.07 Å².